The van der Waals surface area contributed by atoms with Gasteiger partial charge in [0.2, 0.25) is 0 Å². The number of carbonyl (C=O) groups excluding carboxylic acids is 1. The predicted molar refractivity (Wildman–Crippen MR) is 89.4 cm³/mol. The molecule has 2 aromatic carbocycles. The highest BCUT2D eigenvalue weighted by Gasteiger charge is 2.17. The van der Waals surface area contributed by atoms with E-state index in [2.05, 4.69) is 5.32 Å². The lowest BCUT2D eigenvalue weighted by atomic mass is 10.1. The molecule has 0 unspecified atom stereocenters. The average Bonchev–Trinajstić information content (AvgIpc) is 2.78. The number of fused-ring (bicyclic) bond motifs is 1. The zero-order valence-electron chi connectivity index (χ0n) is 12.9. The summed E-state index contributed by atoms with van der Waals surface area (Å²) in [6, 6.07) is 11.1. The van der Waals surface area contributed by atoms with Gasteiger partial charge in [-0.05, 0) is 36.2 Å². The van der Waals surface area contributed by atoms with Crippen molar-refractivity contribution in [3.05, 3.63) is 58.1 Å². The van der Waals surface area contributed by atoms with Gasteiger partial charge in [0.25, 0.3) is 5.91 Å². The highest BCUT2D eigenvalue weighted by Crippen LogP contribution is 2.32. The van der Waals surface area contributed by atoms with E-state index in [9.17, 15) is 4.79 Å². The van der Waals surface area contributed by atoms with E-state index in [-0.39, 0.29) is 5.91 Å². The van der Waals surface area contributed by atoms with E-state index >= 15 is 0 Å². The third-order valence-corrected chi connectivity index (χ3v) is 4.11. The van der Waals surface area contributed by atoms with E-state index < -0.39 is 0 Å². The van der Waals surface area contributed by atoms with E-state index in [1.54, 1.807) is 6.07 Å². The highest BCUT2D eigenvalue weighted by atomic mass is 35.5. The monoisotopic (exact) mass is 331 g/mol. The van der Waals surface area contributed by atoms with Gasteiger partial charge in [-0.3, -0.25) is 4.79 Å². The number of nitrogens with one attached hydrogen (secondary N) is 1. The van der Waals surface area contributed by atoms with Crippen LogP contribution < -0.4 is 14.8 Å². The Morgan fingerprint density at radius 1 is 1.17 bits per heavy atom. The minimum absolute atomic E-state index is 0.155. The Labute approximate surface area is 140 Å². The van der Waals surface area contributed by atoms with Gasteiger partial charge in [0.1, 0.15) is 0 Å². The van der Waals surface area contributed by atoms with Gasteiger partial charge < -0.3 is 14.8 Å². The minimum Gasteiger partial charge on any atom is -0.490 e. The Morgan fingerprint density at radius 2 is 1.87 bits per heavy atom. The molecule has 5 heteroatoms. The Bertz CT molecular complexity index is 730. The molecule has 4 nitrogen and oxygen atoms in total. The first-order valence-electron chi connectivity index (χ1n) is 7.57. The van der Waals surface area contributed by atoms with Crippen molar-refractivity contribution in [2.24, 2.45) is 0 Å². The number of carbonyl (C=O) groups is 1. The zero-order chi connectivity index (χ0) is 16.2. The van der Waals surface area contributed by atoms with Gasteiger partial charge >= 0.3 is 0 Å². The van der Waals surface area contributed by atoms with Crippen LogP contribution in [-0.4, -0.2) is 19.1 Å². The second-order valence-corrected chi connectivity index (χ2v) is 5.85. The number of ether oxygens (including phenoxy) is 2. The fourth-order valence-corrected chi connectivity index (χ4v) is 2.67. The van der Waals surface area contributed by atoms with E-state index in [1.165, 1.54) is 0 Å². The Balaban J connectivity index is 1.77. The van der Waals surface area contributed by atoms with Gasteiger partial charge in [0.05, 0.1) is 13.2 Å². The summed E-state index contributed by atoms with van der Waals surface area (Å²) in [6.45, 7) is 3.49. The van der Waals surface area contributed by atoms with Crippen LogP contribution in [0.4, 0.5) is 0 Å². The van der Waals surface area contributed by atoms with Crippen LogP contribution in [0, 0.1) is 6.92 Å². The number of hydrogen-bond acceptors (Lipinski definition) is 3. The largest absolute Gasteiger partial charge is 0.490 e. The molecule has 0 saturated carbocycles. The molecule has 0 atom stereocenters. The van der Waals surface area contributed by atoms with E-state index in [4.69, 9.17) is 21.1 Å². The lowest BCUT2D eigenvalue weighted by Crippen LogP contribution is -2.23. The van der Waals surface area contributed by atoms with E-state index in [0.717, 1.165) is 17.5 Å². The summed E-state index contributed by atoms with van der Waals surface area (Å²) in [7, 11) is 0. The maximum Gasteiger partial charge on any atom is 0.251 e. The number of aryl methyl sites for hydroxylation is 1. The van der Waals surface area contributed by atoms with Gasteiger partial charge in [-0.1, -0.05) is 29.8 Å². The summed E-state index contributed by atoms with van der Waals surface area (Å²) in [5.74, 6) is 1.16. The van der Waals surface area contributed by atoms with Gasteiger partial charge in [-0.15, -0.1) is 0 Å². The molecule has 120 valence electrons. The summed E-state index contributed by atoms with van der Waals surface area (Å²) in [6.07, 6.45) is 0.835. The van der Waals surface area contributed by atoms with Crippen LogP contribution in [0.2, 0.25) is 5.02 Å². The van der Waals surface area contributed by atoms with Crippen LogP contribution in [0.5, 0.6) is 11.5 Å². The molecule has 0 radical (unpaired) electrons. The molecule has 0 bridgehead atoms. The summed E-state index contributed by atoms with van der Waals surface area (Å²) >= 11 is 6.11. The van der Waals surface area contributed by atoms with Crippen molar-refractivity contribution in [1.82, 2.24) is 5.32 Å². The summed E-state index contributed by atoms with van der Waals surface area (Å²) in [5.41, 5.74) is 2.32. The molecule has 0 spiro atoms. The molecule has 1 N–H and O–H groups in total. The van der Waals surface area contributed by atoms with Crippen molar-refractivity contribution >= 4 is 17.5 Å². The van der Waals surface area contributed by atoms with Crippen molar-refractivity contribution in [3.63, 3.8) is 0 Å². The Hall–Kier alpha value is -2.20. The first-order chi connectivity index (χ1) is 11.1. The quantitative estimate of drug-likeness (QED) is 0.932. The smallest absolute Gasteiger partial charge is 0.251 e. The van der Waals surface area contributed by atoms with Crippen LogP contribution in [0.3, 0.4) is 0 Å². The Kier molecular flexibility index (Phi) is 4.72. The molecule has 0 fully saturated rings. The number of halogens is 1. The molecule has 3 rings (SSSR count). The third-order valence-electron chi connectivity index (χ3n) is 3.74. The second kappa shape index (κ2) is 6.92. The van der Waals surface area contributed by atoms with Crippen LogP contribution in [0.15, 0.2) is 36.4 Å². The molecule has 0 saturated heterocycles. The first kappa shape index (κ1) is 15.7. The topological polar surface area (TPSA) is 47.6 Å². The Morgan fingerprint density at radius 3 is 2.61 bits per heavy atom. The zero-order valence-corrected chi connectivity index (χ0v) is 13.7. The van der Waals surface area contributed by atoms with Crippen molar-refractivity contribution in [2.45, 2.75) is 19.9 Å². The van der Waals surface area contributed by atoms with Crippen molar-refractivity contribution in [2.75, 3.05) is 13.2 Å². The molecule has 23 heavy (non-hydrogen) atoms. The second-order valence-electron chi connectivity index (χ2n) is 5.44. The lowest BCUT2D eigenvalue weighted by molar-refractivity contribution is 0.0950. The van der Waals surface area contributed by atoms with Gasteiger partial charge in [0.15, 0.2) is 11.5 Å². The van der Waals surface area contributed by atoms with E-state index in [0.29, 0.717) is 41.8 Å². The maximum atomic E-state index is 12.5. The first-order valence-corrected chi connectivity index (χ1v) is 7.95. The van der Waals surface area contributed by atoms with Crippen LogP contribution in [-0.2, 0) is 6.54 Å². The van der Waals surface area contributed by atoms with Crippen LogP contribution in [0.1, 0.15) is 27.9 Å². The molecule has 2 aromatic rings. The highest BCUT2D eigenvalue weighted by molar-refractivity contribution is 6.31. The van der Waals surface area contributed by atoms with E-state index in [1.807, 2.05) is 37.3 Å². The maximum absolute atomic E-state index is 12.5. The number of benzene rings is 2. The lowest BCUT2D eigenvalue weighted by Gasteiger charge is -2.13. The number of amides is 1. The standard InChI is InChI=1S/C18H18ClNO3/c1-12-9-16-17(23-8-4-7-22-16)10-14(12)18(21)20-11-13-5-2-3-6-15(13)19/h2-3,5-6,9-10H,4,7-8,11H2,1H3,(H,20,21). The van der Waals surface area contributed by atoms with Gasteiger partial charge in [-0.25, -0.2) is 0 Å². The average molecular weight is 332 g/mol. The van der Waals surface area contributed by atoms with Crippen LogP contribution in [0.25, 0.3) is 0 Å². The molecular weight excluding hydrogens is 314 g/mol. The minimum atomic E-state index is -0.155. The number of rotatable bonds is 3. The van der Waals surface area contributed by atoms with Crippen LogP contribution >= 0.6 is 11.6 Å². The fourth-order valence-electron chi connectivity index (χ4n) is 2.47. The predicted octanol–water partition coefficient (Wildman–Crippen LogP) is 3.74. The number of hydrogen-bond donors (Lipinski definition) is 1. The molecule has 0 aromatic heterocycles. The van der Waals surface area contributed by atoms with Crippen molar-refractivity contribution < 1.29 is 14.3 Å². The molecular formula is C18H18ClNO3. The van der Waals surface area contributed by atoms with Crippen molar-refractivity contribution in [1.29, 1.82) is 0 Å². The molecule has 1 heterocycles. The molecule has 1 aliphatic heterocycles. The molecule has 1 aliphatic rings. The van der Waals surface area contributed by atoms with Crippen molar-refractivity contribution in [3.8, 4) is 11.5 Å². The fraction of sp³-hybridized carbons (Fsp3) is 0.278. The third kappa shape index (κ3) is 3.59. The van der Waals surface area contributed by atoms with Gasteiger partial charge in [0, 0.05) is 23.6 Å². The summed E-state index contributed by atoms with van der Waals surface area (Å²) in [5, 5.41) is 3.54. The molecule has 0 aliphatic carbocycles. The molecule has 1 amide bonds. The SMILES string of the molecule is Cc1cc2c(cc1C(=O)NCc1ccccc1Cl)OCCCO2. The summed E-state index contributed by atoms with van der Waals surface area (Å²) in [4.78, 5) is 12.5. The van der Waals surface area contributed by atoms with Gasteiger partial charge in [-0.2, -0.15) is 0 Å². The summed E-state index contributed by atoms with van der Waals surface area (Å²) < 4.78 is 11.3. The normalized spacial score (nSPS) is 13.3.